The lowest BCUT2D eigenvalue weighted by molar-refractivity contribution is -0.140. The average Bonchev–Trinajstić information content (AvgIpc) is 3.12. The van der Waals surface area contributed by atoms with Gasteiger partial charge in [0.2, 0.25) is 11.8 Å². The van der Waals surface area contributed by atoms with E-state index >= 15 is 0 Å². The molecule has 1 atom stereocenters. The molecule has 126 valence electrons. The van der Waals surface area contributed by atoms with Crippen LogP contribution in [0.5, 0.6) is 0 Å². The molecular weight excluding hydrogens is 308 g/mol. The first-order valence-corrected chi connectivity index (χ1v) is 7.96. The number of furan rings is 1. The first-order valence-electron chi connectivity index (χ1n) is 7.96. The molecule has 3 rings (SSSR count). The van der Waals surface area contributed by atoms with Gasteiger partial charge >= 0.3 is 0 Å². The van der Waals surface area contributed by atoms with Crippen LogP contribution in [-0.4, -0.2) is 34.5 Å². The molecule has 0 spiro atoms. The summed E-state index contributed by atoms with van der Waals surface area (Å²) in [5.74, 6) is -0.197. The Morgan fingerprint density at radius 1 is 1.21 bits per heavy atom. The molecule has 2 aromatic rings. The van der Waals surface area contributed by atoms with Gasteiger partial charge in [-0.05, 0) is 29.7 Å². The van der Waals surface area contributed by atoms with Crippen molar-refractivity contribution < 1.29 is 19.1 Å². The van der Waals surface area contributed by atoms with E-state index in [1.807, 2.05) is 18.2 Å². The molecule has 1 aliphatic rings. The molecule has 0 saturated carbocycles. The van der Waals surface area contributed by atoms with E-state index < -0.39 is 12.0 Å². The zero-order valence-corrected chi connectivity index (χ0v) is 13.3. The third-order valence-corrected chi connectivity index (χ3v) is 4.17. The fourth-order valence-corrected chi connectivity index (χ4v) is 2.80. The summed E-state index contributed by atoms with van der Waals surface area (Å²) < 4.78 is 5.10. The molecule has 2 heterocycles. The van der Waals surface area contributed by atoms with Crippen LogP contribution < -0.4 is 5.32 Å². The fraction of sp³-hybridized carbons (Fsp3) is 0.333. The molecule has 0 unspecified atom stereocenters. The largest absolute Gasteiger partial charge is 0.467 e. The number of nitrogens with zero attached hydrogens (tertiary/aromatic N) is 1. The maximum Gasteiger partial charge on any atom is 0.249 e. The Hall–Kier alpha value is -2.60. The molecule has 0 aliphatic carbocycles. The highest BCUT2D eigenvalue weighted by molar-refractivity contribution is 5.87. The standard InChI is InChI=1S/C18H20N2O4/c21-16(18(23)19-11-15-6-3-9-24-15)10-17(22)20-8-7-13-4-1-2-5-14(13)12-20/h1-6,9,16,21H,7-8,10-12H2,(H,19,23)/t16-/m1/s1. The minimum atomic E-state index is -1.36. The lowest BCUT2D eigenvalue weighted by atomic mass is 9.99. The van der Waals surface area contributed by atoms with Crippen molar-refractivity contribution in [3.05, 3.63) is 59.5 Å². The summed E-state index contributed by atoms with van der Waals surface area (Å²) in [4.78, 5) is 25.9. The highest BCUT2D eigenvalue weighted by Crippen LogP contribution is 2.19. The number of nitrogens with one attached hydrogen (secondary N) is 1. The summed E-state index contributed by atoms with van der Waals surface area (Å²) in [5, 5.41) is 12.5. The summed E-state index contributed by atoms with van der Waals surface area (Å²) >= 11 is 0. The number of aliphatic hydroxyl groups is 1. The fourth-order valence-electron chi connectivity index (χ4n) is 2.80. The minimum absolute atomic E-state index is 0.189. The molecule has 0 radical (unpaired) electrons. The summed E-state index contributed by atoms with van der Waals surface area (Å²) in [5.41, 5.74) is 2.37. The van der Waals surface area contributed by atoms with E-state index in [0.29, 0.717) is 18.8 Å². The van der Waals surface area contributed by atoms with Crippen molar-refractivity contribution in [1.29, 1.82) is 0 Å². The van der Waals surface area contributed by atoms with Crippen molar-refractivity contribution in [3.63, 3.8) is 0 Å². The lowest BCUT2D eigenvalue weighted by Crippen LogP contribution is -2.41. The number of benzene rings is 1. The highest BCUT2D eigenvalue weighted by Gasteiger charge is 2.25. The van der Waals surface area contributed by atoms with Crippen LogP contribution in [0.25, 0.3) is 0 Å². The maximum atomic E-state index is 12.3. The van der Waals surface area contributed by atoms with Gasteiger partial charge in [-0.1, -0.05) is 24.3 Å². The topological polar surface area (TPSA) is 82.8 Å². The van der Waals surface area contributed by atoms with E-state index in [9.17, 15) is 14.7 Å². The van der Waals surface area contributed by atoms with Crippen molar-refractivity contribution in [2.75, 3.05) is 6.54 Å². The monoisotopic (exact) mass is 328 g/mol. The third kappa shape index (κ3) is 3.83. The summed E-state index contributed by atoms with van der Waals surface area (Å²) in [7, 11) is 0. The van der Waals surface area contributed by atoms with E-state index in [1.165, 1.54) is 11.8 Å². The average molecular weight is 328 g/mol. The quantitative estimate of drug-likeness (QED) is 0.865. The van der Waals surface area contributed by atoms with Crippen LogP contribution in [0.1, 0.15) is 23.3 Å². The molecule has 1 aliphatic heterocycles. The Labute approximate surface area is 140 Å². The molecule has 1 aromatic carbocycles. The zero-order chi connectivity index (χ0) is 16.9. The normalized spacial score (nSPS) is 14.8. The van der Waals surface area contributed by atoms with E-state index in [-0.39, 0.29) is 18.9 Å². The Morgan fingerprint density at radius 3 is 2.75 bits per heavy atom. The maximum absolute atomic E-state index is 12.3. The summed E-state index contributed by atoms with van der Waals surface area (Å²) in [6.07, 6.45) is 0.731. The molecule has 0 saturated heterocycles. The van der Waals surface area contributed by atoms with Gasteiger partial charge in [-0.25, -0.2) is 0 Å². The van der Waals surface area contributed by atoms with E-state index in [4.69, 9.17) is 4.42 Å². The van der Waals surface area contributed by atoms with Gasteiger partial charge in [0.15, 0.2) is 0 Å². The third-order valence-electron chi connectivity index (χ3n) is 4.17. The second kappa shape index (κ2) is 7.31. The first kappa shape index (κ1) is 16.3. The molecule has 0 bridgehead atoms. The van der Waals surface area contributed by atoms with Gasteiger partial charge in [-0.15, -0.1) is 0 Å². The van der Waals surface area contributed by atoms with Crippen LogP contribution in [-0.2, 0) is 29.1 Å². The van der Waals surface area contributed by atoms with Crippen LogP contribution in [0.4, 0.5) is 0 Å². The molecule has 0 fully saturated rings. The molecule has 24 heavy (non-hydrogen) atoms. The van der Waals surface area contributed by atoms with Gasteiger partial charge in [-0.2, -0.15) is 0 Å². The number of amides is 2. The molecule has 2 N–H and O–H groups in total. The van der Waals surface area contributed by atoms with Gasteiger partial charge in [0, 0.05) is 13.1 Å². The number of aliphatic hydroxyl groups excluding tert-OH is 1. The van der Waals surface area contributed by atoms with Gasteiger partial charge in [-0.3, -0.25) is 9.59 Å². The van der Waals surface area contributed by atoms with E-state index in [2.05, 4.69) is 11.4 Å². The van der Waals surface area contributed by atoms with Crippen molar-refractivity contribution in [1.82, 2.24) is 10.2 Å². The Morgan fingerprint density at radius 2 is 2.00 bits per heavy atom. The minimum Gasteiger partial charge on any atom is -0.467 e. The van der Waals surface area contributed by atoms with Crippen LogP contribution in [0.2, 0.25) is 0 Å². The van der Waals surface area contributed by atoms with Crippen molar-refractivity contribution in [3.8, 4) is 0 Å². The second-order valence-electron chi connectivity index (χ2n) is 5.85. The van der Waals surface area contributed by atoms with Crippen LogP contribution >= 0.6 is 0 Å². The molecule has 6 nitrogen and oxygen atoms in total. The Bertz CT molecular complexity index is 712. The predicted octanol–water partition coefficient (Wildman–Crippen LogP) is 1.23. The SMILES string of the molecule is O=C(NCc1ccco1)[C@H](O)CC(=O)N1CCc2ccccc2C1. The van der Waals surface area contributed by atoms with E-state index in [0.717, 1.165) is 12.0 Å². The van der Waals surface area contributed by atoms with Gasteiger partial charge in [0.05, 0.1) is 19.2 Å². The van der Waals surface area contributed by atoms with Gasteiger partial charge in [0.1, 0.15) is 11.9 Å². The van der Waals surface area contributed by atoms with Crippen molar-refractivity contribution in [2.45, 2.75) is 32.0 Å². The van der Waals surface area contributed by atoms with Crippen molar-refractivity contribution >= 4 is 11.8 Å². The Kier molecular flexibility index (Phi) is 4.96. The number of carbonyl (C=O) groups is 2. The van der Waals surface area contributed by atoms with E-state index in [1.54, 1.807) is 17.0 Å². The van der Waals surface area contributed by atoms with Gasteiger partial charge in [0.25, 0.3) is 0 Å². The first-order chi connectivity index (χ1) is 11.6. The second-order valence-corrected chi connectivity index (χ2v) is 5.85. The van der Waals surface area contributed by atoms with Crippen molar-refractivity contribution in [2.24, 2.45) is 0 Å². The molecular formula is C18H20N2O4. The molecule has 2 amide bonds. The number of rotatable bonds is 5. The lowest BCUT2D eigenvalue weighted by Gasteiger charge is -2.29. The predicted molar refractivity (Wildman–Crippen MR) is 86.7 cm³/mol. The summed E-state index contributed by atoms with van der Waals surface area (Å²) in [6.45, 7) is 1.32. The van der Waals surface area contributed by atoms with Crippen LogP contribution in [0, 0.1) is 0 Å². The molecule has 6 heteroatoms. The molecule has 1 aromatic heterocycles. The van der Waals surface area contributed by atoms with Gasteiger partial charge < -0.3 is 19.7 Å². The zero-order valence-electron chi connectivity index (χ0n) is 13.3. The number of fused-ring (bicyclic) bond motifs is 1. The van der Waals surface area contributed by atoms with Crippen LogP contribution in [0.3, 0.4) is 0 Å². The number of carbonyl (C=O) groups excluding carboxylic acids is 2. The highest BCUT2D eigenvalue weighted by atomic mass is 16.3. The van der Waals surface area contributed by atoms with Crippen LogP contribution in [0.15, 0.2) is 47.1 Å². The number of hydrogen-bond donors (Lipinski definition) is 2. The Balaban J connectivity index is 1.50. The number of hydrogen-bond acceptors (Lipinski definition) is 4. The summed E-state index contributed by atoms with van der Waals surface area (Å²) in [6, 6.07) is 11.4. The smallest absolute Gasteiger partial charge is 0.249 e.